The van der Waals surface area contributed by atoms with Crippen LogP contribution < -0.4 is 5.32 Å². The zero-order valence-corrected chi connectivity index (χ0v) is 12.6. The number of nitrogens with zero attached hydrogens (tertiary/aromatic N) is 2. The Morgan fingerprint density at radius 2 is 2.00 bits per heavy atom. The third-order valence-corrected chi connectivity index (χ3v) is 3.45. The summed E-state index contributed by atoms with van der Waals surface area (Å²) >= 11 is 0. The number of aryl methyl sites for hydroxylation is 3. The summed E-state index contributed by atoms with van der Waals surface area (Å²) in [6.45, 7) is 9.61. The molecular weight excluding hydrogens is 253 g/mol. The molecule has 4 heteroatoms. The molecule has 0 aliphatic carbocycles. The maximum Gasteiger partial charge on any atom is 0.126 e. The van der Waals surface area contributed by atoms with Crippen LogP contribution in [0.5, 0.6) is 0 Å². The van der Waals surface area contributed by atoms with Crippen LogP contribution in [-0.2, 0) is 6.54 Å². The molecule has 0 aliphatic rings. The molecule has 1 unspecified atom stereocenters. The lowest BCUT2D eigenvalue weighted by Crippen LogP contribution is -2.25. The molecule has 0 saturated carbocycles. The van der Waals surface area contributed by atoms with Crippen molar-refractivity contribution in [2.75, 3.05) is 6.54 Å². The van der Waals surface area contributed by atoms with Crippen molar-refractivity contribution in [3.05, 3.63) is 52.6 Å². The van der Waals surface area contributed by atoms with E-state index in [2.05, 4.69) is 30.3 Å². The highest BCUT2D eigenvalue weighted by Gasteiger charge is 2.18. The first kappa shape index (κ1) is 14.7. The number of benzene rings is 1. The van der Waals surface area contributed by atoms with E-state index in [0.717, 1.165) is 30.0 Å². The molecule has 20 heavy (non-hydrogen) atoms. The maximum atomic E-state index is 13.5. The van der Waals surface area contributed by atoms with Gasteiger partial charge in [-0.2, -0.15) is 5.10 Å². The van der Waals surface area contributed by atoms with Gasteiger partial charge >= 0.3 is 0 Å². The standard InChI is InChI=1S/C16H22FN3/c1-5-18-16(13-7-8-14(17)11(3)9-13)15-10-12(4)19-20(15)6-2/h7-10,16,18H,5-6H2,1-4H3. The van der Waals surface area contributed by atoms with Crippen molar-refractivity contribution in [3.63, 3.8) is 0 Å². The molecule has 0 spiro atoms. The Kier molecular flexibility index (Phi) is 4.55. The van der Waals surface area contributed by atoms with Gasteiger partial charge in [0.2, 0.25) is 0 Å². The van der Waals surface area contributed by atoms with Crippen molar-refractivity contribution in [2.24, 2.45) is 0 Å². The number of nitrogens with one attached hydrogen (secondary N) is 1. The maximum absolute atomic E-state index is 13.5. The summed E-state index contributed by atoms with van der Waals surface area (Å²) in [5, 5.41) is 7.97. The molecule has 2 aromatic rings. The summed E-state index contributed by atoms with van der Waals surface area (Å²) in [5.74, 6) is -0.163. The largest absolute Gasteiger partial charge is 0.305 e. The van der Waals surface area contributed by atoms with Crippen molar-refractivity contribution in [1.29, 1.82) is 0 Å². The van der Waals surface area contributed by atoms with Crippen molar-refractivity contribution >= 4 is 0 Å². The van der Waals surface area contributed by atoms with Crippen LogP contribution in [0.15, 0.2) is 24.3 Å². The highest BCUT2D eigenvalue weighted by atomic mass is 19.1. The Balaban J connectivity index is 2.46. The summed E-state index contributed by atoms with van der Waals surface area (Å²) in [6.07, 6.45) is 0. The second-order valence-electron chi connectivity index (χ2n) is 5.03. The van der Waals surface area contributed by atoms with E-state index in [1.165, 1.54) is 6.07 Å². The fraction of sp³-hybridized carbons (Fsp3) is 0.438. The zero-order valence-electron chi connectivity index (χ0n) is 12.6. The number of rotatable bonds is 5. The van der Waals surface area contributed by atoms with Crippen molar-refractivity contribution in [2.45, 2.75) is 40.3 Å². The first-order valence-corrected chi connectivity index (χ1v) is 7.10. The van der Waals surface area contributed by atoms with E-state index in [1.807, 2.05) is 23.7 Å². The average molecular weight is 275 g/mol. The summed E-state index contributed by atoms with van der Waals surface area (Å²) in [7, 11) is 0. The predicted molar refractivity (Wildman–Crippen MR) is 79.3 cm³/mol. The second-order valence-corrected chi connectivity index (χ2v) is 5.03. The Bertz CT molecular complexity index is 589. The summed E-state index contributed by atoms with van der Waals surface area (Å²) < 4.78 is 15.5. The van der Waals surface area contributed by atoms with Crippen molar-refractivity contribution < 1.29 is 4.39 Å². The van der Waals surface area contributed by atoms with Gasteiger partial charge in [0, 0.05) is 6.54 Å². The van der Waals surface area contributed by atoms with Gasteiger partial charge in [0.15, 0.2) is 0 Å². The molecule has 1 aromatic carbocycles. The molecule has 1 heterocycles. The fourth-order valence-corrected chi connectivity index (χ4v) is 2.50. The van der Waals surface area contributed by atoms with E-state index in [1.54, 1.807) is 6.92 Å². The molecule has 1 aromatic heterocycles. The first-order valence-electron chi connectivity index (χ1n) is 7.10. The van der Waals surface area contributed by atoms with Crippen LogP contribution in [0.1, 0.15) is 42.4 Å². The van der Waals surface area contributed by atoms with Gasteiger partial charge in [0.1, 0.15) is 5.82 Å². The highest BCUT2D eigenvalue weighted by molar-refractivity contribution is 5.32. The monoisotopic (exact) mass is 275 g/mol. The van der Waals surface area contributed by atoms with Gasteiger partial charge in [-0.15, -0.1) is 0 Å². The van der Waals surface area contributed by atoms with E-state index >= 15 is 0 Å². The number of aromatic nitrogens is 2. The van der Waals surface area contributed by atoms with Crippen LogP contribution in [0, 0.1) is 19.7 Å². The van der Waals surface area contributed by atoms with Crippen molar-refractivity contribution in [3.8, 4) is 0 Å². The van der Waals surface area contributed by atoms with Gasteiger partial charge < -0.3 is 5.32 Å². The summed E-state index contributed by atoms with van der Waals surface area (Å²) in [4.78, 5) is 0. The van der Waals surface area contributed by atoms with Crippen LogP contribution in [0.25, 0.3) is 0 Å². The van der Waals surface area contributed by atoms with Gasteiger partial charge in [0.25, 0.3) is 0 Å². The van der Waals surface area contributed by atoms with E-state index in [0.29, 0.717) is 5.56 Å². The molecule has 0 radical (unpaired) electrons. The van der Waals surface area contributed by atoms with Gasteiger partial charge in [-0.3, -0.25) is 4.68 Å². The summed E-state index contributed by atoms with van der Waals surface area (Å²) in [5.41, 5.74) is 3.87. The van der Waals surface area contributed by atoms with Gasteiger partial charge in [0.05, 0.1) is 17.4 Å². The lowest BCUT2D eigenvalue weighted by Gasteiger charge is -2.20. The van der Waals surface area contributed by atoms with E-state index in [-0.39, 0.29) is 11.9 Å². The number of halogens is 1. The van der Waals surface area contributed by atoms with Crippen LogP contribution in [0.3, 0.4) is 0 Å². The molecule has 3 nitrogen and oxygen atoms in total. The topological polar surface area (TPSA) is 29.9 Å². The Morgan fingerprint density at radius 1 is 1.25 bits per heavy atom. The van der Waals surface area contributed by atoms with Crippen LogP contribution in [0.4, 0.5) is 4.39 Å². The summed E-state index contributed by atoms with van der Waals surface area (Å²) in [6, 6.07) is 7.42. The minimum Gasteiger partial charge on any atom is -0.305 e. The number of hydrogen-bond donors (Lipinski definition) is 1. The van der Waals surface area contributed by atoms with Gasteiger partial charge in [-0.25, -0.2) is 4.39 Å². The molecule has 0 saturated heterocycles. The fourth-order valence-electron chi connectivity index (χ4n) is 2.50. The minimum absolute atomic E-state index is 0.0421. The van der Waals surface area contributed by atoms with E-state index < -0.39 is 0 Å². The lowest BCUT2D eigenvalue weighted by molar-refractivity contribution is 0.539. The first-order chi connectivity index (χ1) is 9.56. The quantitative estimate of drug-likeness (QED) is 0.907. The Hall–Kier alpha value is -1.68. The molecule has 108 valence electrons. The minimum atomic E-state index is -0.163. The highest BCUT2D eigenvalue weighted by Crippen LogP contribution is 2.24. The lowest BCUT2D eigenvalue weighted by atomic mass is 10.0. The Morgan fingerprint density at radius 3 is 2.60 bits per heavy atom. The molecular formula is C16H22FN3. The molecule has 2 rings (SSSR count). The molecule has 0 bridgehead atoms. The van der Waals surface area contributed by atoms with Crippen LogP contribution >= 0.6 is 0 Å². The third-order valence-electron chi connectivity index (χ3n) is 3.45. The SMILES string of the molecule is CCNC(c1ccc(F)c(C)c1)c1cc(C)nn1CC. The molecule has 1 atom stereocenters. The van der Waals surface area contributed by atoms with Gasteiger partial charge in [-0.05, 0) is 50.6 Å². The van der Waals surface area contributed by atoms with Crippen LogP contribution in [-0.4, -0.2) is 16.3 Å². The van der Waals surface area contributed by atoms with Crippen molar-refractivity contribution in [1.82, 2.24) is 15.1 Å². The zero-order chi connectivity index (χ0) is 14.7. The molecule has 0 amide bonds. The second kappa shape index (κ2) is 6.18. The smallest absolute Gasteiger partial charge is 0.126 e. The van der Waals surface area contributed by atoms with Gasteiger partial charge in [-0.1, -0.05) is 19.1 Å². The third kappa shape index (κ3) is 2.90. The van der Waals surface area contributed by atoms with E-state index in [9.17, 15) is 4.39 Å². The van der Waals surface area contributed by atoms with E-state index in [4.69, 9.17) is 0 Å². The predicted octanol–water partition coefficient (Wildman–Crippen LogP) is 3.36. The average Bonchev–Trinajstić information content (AvgIpc) is 2.80. The van der Waals surface area contributed by atoms with Crippen LogP contribution in [0.2, 0.25) is 0 Å². The normalized spacial score (nSPS) is 12.7. The molecule has 0 aliphatic heterocycles. The Labute approximate surface area is 119 Å². The number of hydrogen-bond acceptors (Lipinski definition) is 2. The molecule has 1 N–H and O–H groups in total. The molecule has 0 fully saturated rings.